The summed E-state index contributed by atoms with van der Waals surface area (Å²) in [5, 5.41) is 13.2. The van der Waals surface area contributed by atoms with E-state index < -0.39 is 10.0 Å². The van der Waals surface area contributed by atoms with Gasteiger partial charge in [0.2, 0.25) is 10.0 Å². The van der Waals surface area contributed by atoms with E-state index in [1.165, 1.54) is 39.9 Å². The monoisotopic (exact) mass is 486 g/mol. The summed E-state index contributed by atoms with van der Waals surface area (Å²) in [6, 6.07) is 8.75. The van der Waals surface area contributed by atoms with Gasteiger partial charge in [0.05, 0.1) is 10.5 Å². The molecule has 2 aromatic rings. The van der Waals surface area contributed by atoms with Crippen molar-refractivity contribution in [2.75, 3.05) is 25.0 Å². The van der Waals surface area contributed by atoms with E-state index in [-0.39, 0.29) is 10.8 Å². The fourth-order valence-electron chi connectivity index (χ4n) is 4.40. The average Bonchev–Trinajstić information content (AvgIpc) is 3.15. The Morgan fingerprint density at radius 2 is 1.85 bits per heavy atom. The highest BCUT2D eigenvalue weighted by molar-refractivity contribution is 7.89. The third kappa shape index (κ3) is 4.85. The van der Waals surface area contributed by atoms with Crippen LogP contribution in [-0.2, 0) is 23.0 Å². The number of rotatable bonds is 5. The lowest BCUT2D eigenvalue weighted by molar-refractivity contribution is 0.102. The van der Waals surface area contributed by atoms with Gasteiger partial charge in [0, 0.05) is 42.7 Å². The number of carbonyl (C=O) groups is 1. The van der Waals surface area contributed by atoms with E-state index >= 15 is 0 Å². The summed E-state index contributed by atoms with van der Waals surface area (Å²) in [6.07, 6.45) is 2.52. The SMILES string of the molecule is CC1CCN(S(=O)(=O)c2ccc(C(=O)Nc3sc4c(c3C#N)CCN(C(C)C)C4)cc2)CC1. The Bertz CT molecular complexity index is 1170. The molecule has 0 spiro atoms. The molecule has 1 saturated heterocycles. The molecule has 7 nitrogen and oxygen atoms in total. The number of anilines is 1. The van der Waals surface area contributed by atoms with Crippen LogP contribution in [0.1, 0.15) is 60.0 Å². The highest BCUT2D eigenvalue weighted by Crippen LogP contribution is 2.37. The van der Waals surface area contributed by atoms with Gasteiger partial charge in [-0.25, -0.2) is 8.42 Å². The van der Waals surface area contributed by atoms with Crippen molar-refractivity contribution >= 4 is 32.3 Å². The molecule has 1 aromatic heterocycles. The summed E-state index contributed by atoms with van der Waals surface area (Å²) in [6.45, 7) is 9.18. The Balaban J connectivity index is 1.49. The number of sulfonamides is 1. The molecule has 0 unspecified atom stereocenters. The maximum absolute atomic E-state index is 12.9. The van der Waals surface area contributed by atoms with Gasteiger partial charge in [-0.2, -0.15) is 9.57 Å². The molecular weight excluding hydrogens is 456 g/mol. The van der Waals surface area contributed by atoms with Crippen LogP contribution in [0.25, 0.3) is 0 Å². The molecule has 0 bridgehead atoms. The first-order chi connectivity index (χ1) is 15.7. The average molecular weight is 487 g/mol. The minimum Gasteiger partial charge on any atom is -0.312 e. The normalized spacial score (nSPS) is 18.2. The van der Waals surface area contributed by atoms with Crippen molar-refractivity contribution in [3.05, 3.63) is 45.8 Å². The quantitative estimate of drug-likeness (QED) is 0.688. The van der Waals surface area contributed by atoms with Crippen LogP contribution < -0.4 is 5.32 Å². The number of benzene rings is 1. The van der Waals surface area contributed by atoms with Crippen LogP contribution in [0.5, 0.6) is 0 Å². The van der Waals surface area contributed by atoms with Gasteiger partial charge < -0.3 is 5.32 Å². The number of nitrogens with zero attached hydrogens (tertiary/aromatic N) is 3. The molecule has 1 aromatic carbocycles. The third-order valence-electron chi connectivity index (χ3n) is 6.65. The molecule has 1 amide bonds. The van der Waals surface area contributed by atoms with E-state index in [1.54, 1.807) is 0 Å². The Labute approximate surface area is 200 Å². The van der Waals surface area contributed by atoms with E-state index in [2.05, 4.69) is 37.1 Å². The molecule has 1 N–H and O–H groups in total. The molecule has 0 aliphatic carbocycles. The first-order valence-electron chi connectivity index (χ1n) is 11.4. The predicted molar refractivity (Wildman–Crippen MR) is 130 cm³/mol. The Morgan fingerprint density at radius 1 is 1.18 bits per heavy atom. The smallest absolute Gasteiger partial charge is 0.256 e. The van der Waals surface area contributed by atoms with Crippen molar-refractivity contribution in [2.45, 2.75) is 57.5 Å². The number of nitrogens with one attached hydrogen (secondary N) is 1. The zero-order valence-corrected chi connectivity index (χ0v) is 20.9. The maximum atomic E-state index is 12.9. The van der Waals surface area contributed by atoms with Crippen LogP contribution in [-0.4, -0.2) is 49.2 Å². The van der Waals surface area contributed by atoms with E-state index in [4.69, 9.17) is 0 Å². The third-order valence-corrected chi connectivity index (χ3v) is 9.70. The second-order valence-corrected chi connectivity index (χ2v) is 12.2. The van der Waals surface area contributed by atoms with E-state index in [9.17, 15) is 18.5 Å². The number of piperidine rings is 1. The number of carbonyl (C=O) groups excluding carboxylic acids is 1. The molecule has 2 aliphatic heterocycles. The Kier molecular flexibility index (Phi) is 6.91. The zero-order chi connectivity index (χ0) is 23.8. The van der Waals surface area contributed by atoms with Crippen LogP contribution in [0.15, 0.2) is 29.2 Å². The molecule has 1 fully saturated rings. The van der Waals surface area contributed by atoms with Gasteiger partial charge in [-0.15, -0.1) is 11.3 Å². The van der Waals surface area contributed by atoms with Crippen molar-refractivity contribution in [1.29, 1.82) is 5.26 Å². The molecular formula is C24H30N4O3S2. The highest BCUT2D eigenvalue weighted by Gasteiger charge is 2.29. The number of fused-ring (bicyclic) bond motifs is 1. The molecule has 0 radical (unpaired) electrons. The maximum Gasteiger partial charge on any atom is 0.256 e. The fraction of sp³-hybridized carbons (Fsp3) is 0.500. The van der Waals surface area contributed by atoms with Crippen molar-refractivity contribution in [2.24, 2.45) is 5.92 Å². The number of hydrogen-bond acceptors (Lipinski definition) is 6. The zero-order valence-electron chi connectivity index (χ0n) is 19.3. The Hall–Kier alpha value is -2.25. The first kappa shape index (κ1) is 23.9. The fourth-order valence-corrected chi connectivity index (χ4v) is 7.09. The lowest BCUT2D eigenvalue weighted by atomic mass is 10.0. The number of amides is 1. The summed E-state index contributed by atoms with van der Waals surface area (Å²) in [5.41, 5.74) is 1.94. The van der Waals surface area contributed by atoms with E-state index in [1.807, 2.05) is 0 Å². The van der Waals surface area contributed by atoms with Gasteiger partial charge in [-0.3, -0.25) is 9.69 Å². The Morgan fingerprint density at radius 3 is 2.45 bits per heavy atom. The van der Waals surface area contributed by atoms with Crippen LogP contribution in [0.4, 0.5) is 5.00 Å². The van der Waals surface area contributed by atoms with E-state index in [0.29, 0.717) is 41.2 Å². The van der Waals surface area contributed by atoms with E-state index in [0.717, 1.165) is 42.8 Å². The van der Waals surface area contributed by atoms with Gasteiger partial charge >= 0.3 is 0 Å². The number of thiophene rings is 1. The number of nitriles is 1. The van der Waals surface area contributed by atoms with Gasteiger partial charge in [-0.1, -0.05) is 6.92 Å². The lowest BCUT2D eigenvalue weighted by Crippen LogP contribution is -2.37. The second kappa shape index (κ2) is 9.55. The first-order valence-corrected chi connectivity index (χ1v) is 13.7. The molecule has 3 heterocycles. The molecule has 9 heteroatoms. The molecule has 0 atom stereocenters. The summed E-state index contributed by atoms with van der Waals surface area (Å²) in [4.78, 5) is 16.6. The summed E-state index contributed by atoms with van der Waals surface area (Å²) < 4.78 is 27.4. The molecule has 0 saturated carbocycles. The molecule has 4 rings (SSSR count). The molecule has 33 heavy (non-hydrogen) atoms. The van der Waals surface area contributed by atoms with Crippen LogP contribution in [0.3, 0.4) is 0 Å². The topological polar surface area (TPSA) is 93.5 Å². The molecule has 176 valence electrons. The number of hydrogen-bond donors (Lipinski definition) is 1. The van der Waals surface area contributed by atoms with Crippen LogP contribution in [0.2, 0.25) is 0 Å². The predicted octanol–water partition coefficient (Wildman–Crippen LogP) is 4.06. The van der Waals surface area contributed by atoms with Crippen molar-refractivity contribution in [3.63, 3.8) is 0 Å². The van der Waals surface area contributed by atoms with Gasteiger partial charge in [0.1, 0.15) is 11.1 Å². The van der Waals surface area contributed by atoms with Crippen LogP contribution >= 0.6 is 11.3 Å². The second-order valence-electron chi connectivity index (χ2n) is 9.20. The van der Waals surface area contributed by atoms with Crippen molar-refractivity contribution in [1.82, 2.24) is 9.21 Å². The van der Waals surface area contributed by atoms with Gasteiger partial charge in [-0.05, 0) is 68.9 Å². The van der Waals surface area contributed by atoms with Gasteiger partial charge in [0.25, 0.3) is 5.91 Å². The van der Waals surface area contributed by atoms with Crippen LogP contribution in [0, 0.1) is 17.2 Å². The summed E-state index contributed by atoms with van der Waals surface area (Å²) >= 11 is 1.46. The standard InChI is InChI=1S/C24H30N4O3S2/c1-16(2)27-11-10-20-21(14-25)24(32-22(20)15-27)26-23(29)18-4-6-19(7-5-18)33(30,31)28-12-8-17(3)9-13-28/h4-7,16-17H,8-13,15H2,1-3H3,(H,26,29). The molecule has 2 aliphatic rings. The largest absolute Gasteiger partial charge is 0.312 e. The van der Waals surface area contributed by atoms with Crippen molar-refractivity contribution < 1.29 is 13.2 Å². The minimum atomic E-state index is -3.56. The minimum absolute atomic E-state index is 0.201. The summed E-state index contributed by atoms with van der Waals surface area (Å²) in [7, 11) is -3.56. The van der Waals surface area contributed by atoms with Crippen molar-refractivity contribution in [3.8, 4) is 6.07 Å². The lowest BCUT2D eigenvalue weighted by Gasteiger charge is -2.30. The van der Waals surface area contributed by atoms with Gasteiger partial charge in [0.15, 0.2) is 0 Å². The highest BCUT2D eigenvalue weighted by atomic mass is 32.2. The summed E-state index contributed by atoms with van der Waals surface area (Å²) in [5.74, 6) is 0.193.